The molecular weight excluding hydrogens is 258 g/mol. The van der Waals surface area contributed by atoms with E-state index in [-0.39, 0.29) is 0 Å². The van der Waals surface area contributed by atoms with Crippen LogP contribution < -0.4 is 10.1 Å². The summed E-state index contributed by atoms with van der Waals surface area (Å²) in [5.41, 5.74) is 5.58. The van der Waals surface area contributed by atoms with Crippen LogP contribution in [0.3, 0.4) is 0 Å². The summed E-state index contributed by atoms with van der Waals surface area (Å²) in [5, 5.41) is 3.54. The van der Waals surface area contributed by atoms with Crippen LogP contribution in [0.1, 0.15) is 34.6 Å². The second kappa shape index (κ2) is 6.31. The van der Waals surface area contributed by atoms with Crippen LogP contribution in [0.5, 0.6) is 5.75 Å². The number of benzene rings is 2. The van der Waals surface area contributed by atoms with E-state index in [9.17, 15) is 0 Å². The molecule has 0 radical (unpaired) electrons. The standard InChI is InChI=1S/C19H23NO/c1-14-7-10-19(21-2)15(11-14)8-9-17-13-20-12-16-5-3-4-6-18(16)17/h3-7,10-11,17,20H,8-9,12-13H2,1-2H3. The van der Waals surface area contributed by atoms with Gasteiger partial charge < -0.3 is 10.1 Å². The average molecular weight is 281 g/mol. The molecule has 1 unspecified atom stereocenters. The Morgan fingerprint density at radius 3 is 2.90 bits per heavy atom. The van der Waals surface area contributed by atoms with Gasteiger partial charge in [0.15, 0.2) is 0 Å². The van der Waals surface area contributed by atoms with Gasteiger partial charge in [0, 0.05) is 13.1 Å². The van der Waals surface area contributed by atoms with Gasteiger partial charge in [-0.15, -0.1) is 0 Å². The van der Waals surface area contributed by atoms with Crippen molar-refractivity contribution in [3.8, 4) is 5.75 Å². The van der Waals surface area contributed by atoms with Crippen LogP contribution in [0.15, 0.2) is 42.5 Å². The average Bonchev–Trinajstić information content (AvgIpc) is 2.53. The number of hydrogen-bond donors (Lipinski definition) is 1. The maximum atomic E-state index is 5.49. The van der Waals surface area contributed by atoms with E-state index in [0.717, 1.165) is 31.7 Å². The zero-order valence-electron chi connectivity index (χ0n) is 12.9. The fraction of sp³-hybridized carbons (Fsp3) is 0.368. The van der Waals surface area contributed by atoms with E-state index in [2.05, 4.69) is 54.7 Å². The van der Waals surface area contributed by atoms with Gasteiger partial charge >= 0.3 is 0 Å². The van der Waals surface area contributed by atoms with Crippen LogP contribution in [0, 0.1) is 6.92 Å². The first kappa shape index (κ1) is 14.2. The minimum Gasteiger partial charge on any atom is -0.496 e. The molecule has 0 saturated carbocycles. The maximum Gasteiger partial charge on any atom is 0.122 e. The molecule has 0 bridgehead atoms. The molecule has 0 spiro atoms. The van der Waals surface area contributed by atoms with Gasteiger partial charge in [-0.2, -0.15) is 0 Å². The molecular formula is C19H23NO. The SMILES string of the molecule is COc1ccc(C)cc1CCC1CNCc2ccccc21. The third kappa shape index (κ3) is 3.11. The molecule has 2 aromatic carbocycles. The van der Waals surface area contributed by atoms with Crippen molar-refractivity contribution in [3.63, 3.8) is 0 Å². The first-order valence-corrected chi connectivity index (χ1v) is 7.70. The van der Waals surface area contributed by atoms with Gasteiger partial charge in [-0.1, -0.05) is 42.0 Å². The fourth-order valence-corrected chi connectivity index (χ4v) is 3.27. The quantitative estimate of drug-likeness (QED) is 0.920. The summed E-state index contributed by atoms with van der Waals surface area (Å²) in [6.45, 7) is 4.21. The van der Waals surface area contributed by atoms with E-state index >= 15 is 0 Å². The van der Waals surface area contributed by atoms with Crippen molar-refractivity contribution in [1.82, 2.24) is 5.32 Å². The molecule has 21 heavy (non-hydrogen) atoms. The molecule has 1 N–H and O–H groups in total. The lowest BCUT2D eigenvalue weighted by molar-refractivity contribution is 0.407. The first-order valence-electron chi connectivity index (χ1n) is 7.70. The van der Waals surface area contributed by atoms with Gasteiger partial charge in [0.2, 0.25) is 0 Å². The number of methoxy groups -OCH3 is 1. The predicted octanol–water partition coefficient (Wildman–Crippen LogP) is 3.82. The molecule has 1 heterocycles. The van der Waals surface area contributed by atoms with Crippen molar-refractivity contribution in [2.75, 3.05) is 13.7 Å². The van der Waals surface area contributed by atoms with Gasteiger partial charge in [-0.3, -0.25) is 0 Å². The third-order valence-corrected chi connectivity index (χ3v) is 4.40. The molecule has 2 nitrogen and oxygen atoms in total. The second-order valence-corrected chi connectivity index (χ2v) is 5.88. The molecule has 1 atom stereocenters. The Morgan fingerprint density at radius 2 is 2.05 bits per heavy atom. The van der Waals surface area contributed by atoms with E-state index < -0.39 is 0 Å². The van der Waals surface area contributed by atoms with Crippen molar-refractivity contribution < 1.29 is 4.74 Å². The summed E-state index contributed by atoms with van der Waals surface area (Å²) in [7, 11) is 1.76. The summed E-state index contributed by atoms with van der Waals surface area (Å²) in [6.07, 6.45) is 2.22. The number of fused-ring (bicyclic) bond motifs is 1. The molecule has 3 rings (SSSR count). The van der Waals surface area contributed by atoms with Crippen LogP contribution in [0.2, 0.25) is 0 Å². The summed E-state index contributed by atoms with van der Waals surface area (Å²) in [5.74, 6) is 1.61. The van der Waals surface area contributed by atoms with Crippen LogP contribution in [0.25, 0.3) is 0 Å². The Bertz CT molecular complexity index is 621. The lowest BCUT2D eigenvalue weighted by atomic mass is 9.86. The molecule has 0 aliphatic carbocycles. The van der Waals surface area contributed by atoms with E-state index in [1.807, 2.05) is 0 Å². The largest absolute Gasteiger partial charge is 0.496 e. The van der Waals surface area contributed by atoms with Crippen molar-refractivity contribution >= 4 is 0 Å². The van der Waals surface area contributed by atoms with Crippen LogP contribution in [0.4, 0.5) is 0 Å². The number of rotatable bonds is 4. The molecule has 1 aliphatic heterocycles. The Balaban J connectivity index is 1.76. The van der Waals surface area contributed by atoms with E-state index in [4.69, 9.17) is 4.74 Å². The van der Waals surface area contributed by atoms with E-state index in [0.29, 0.717) is 5.92 Å². The topological polar surface area (TPSA) is 21.3 Å². The van der Waals surface area contributed by atoms with Crippen molar-refractivity contribution in [2.45, 2.75) is 32.2 Å². The Kier molecular flexibility index (Phi) is 4.26. The highest BCUT2D eigenvalue weighted by molar-refractivity contribution is 5.38. The highest BCUT2D eigenvalue weighted by atomic mass is 16.5. The molecule has 0 saturated heterocycles. The van der Waals surface area contributed by atoms with Crippen LogP contribution >= 0.6 is 0 Å². The van der Waals surface area contributed by atoms with Gasteiger partial charge in [0.05, 0.1) is 7.11 Å². The van der Waals surface area contributed by atoms with Crippen LogP contribution in [-0.4, -0.2) is 13.7 Å². The zero-order chi connectivity index (χ0) is 14.7. The molecule has 110 valence electrons. The molecule has 2 aromatic rings. The summed E-state index contributed by atoms with van der Waals surface area (Å²) in [4.78, 5) is 0. The highest BCUT2D eigenvalue weighted by Crippen LogP contribution is 2.30. The minimum absolute atomic E-state index is 0.597. The second-order valence-electron chi connectivity index (χ2n) is 5.88. The first-order chi connectivity index (χ1) is 10.3. The number of nitrogens with one attached hydrogen (secondary N) is 1. The molecule has 2 heteroatoms. The van der Waals surface area contributed by atoms with Crippen molar-refractivity contribution in [1.29, 1.82) is 0 Å². The van der Waals surface area contributed by atoms with Crippen molar-refractivity contribution in [2.24, 2.45) is 0 Å². The summed E-state index contributed by atoms with van der Waals surface area (Å²) in [6, 6.07) is 15.3. The van der Waals surface area contributed by atoms with Crippen LogP contribution in [-0.2, 0) is 13.0 Å². The Morgan fingerprint density at radius 1 is 1.19 bits per heavy atom. The summed E-state index contributed by atoms with van der Waals surface area (Å²) >= 11 is 0. The normalized spacial score (nSPS) is 17.3. The van der Waals surface area contributed by atoms with Crippen molar-refractivity contribution in [3.05, 3.63) is 64.7 Å². The highest BCUT2D eigenvalue weighted by Gasteiger charge is 2.19. The van der Waals surface area contributed by atoms with E-state index in [1.165, 1.54) is 22.3 Å². The minimum atomic E-state index is 0.597. The zero-order valence-corrected chi connectivity index (χ0v) is 12.9. The fourth-order valence-electron chi connectivity index (χ4n) is 3.27. The lowest BCUT2D eigenvalue weighted by Gasteiger charge is -2.26. The summed E-state index contributed by atoms with van der Waals surface area (Å²) < 4.78 is 5.49. The smallest absolute Gasteiger partial charge is 0.122 e. The molecule has 0 fully saturated rings. The van der Waals surface area contributed by atoms with Gasteiger partial charge in [0.1, 0.15) is 5.75 Å². The number of ether oxygens (including phenoxy) is 1. The Hall–Kier alpha value is -1.80. The third-order valence-electron chi connectivity index (χ3n) is 4.40. The van der Waals surface area contributed by atoms with Gasteiger partial charge in [-0.25, -0.2) is 0 Å². The lowest BCUT2D eigenvalue weighted by Crippen LogP contribution is -2.28. The number of hydrogen-bond acceptors (Lipinski definition) is 2. The maximum absolute atomic E-state index is 5.49. The predicted molar refractivity (Wildman–Crippen MR) is 86.9 cm³/mol. The Labute approximate surface area is 127 Å². The molecule has 0 amide bonds. The van der Waals surface area contributed by atoms with Gasteiger partial charge in [-0.05, 0) is 48.4 Å². The number of aryl methyl sites for hydroxylation is 2. The molecule has 0 aromatic heterocycles. The molecule has 1 aliphatic rings. The van der Waals surface area contributed by atoms with E-state index in [1.54, 1.807) is 7.11 Å². The monoisotopic (exact) mass is 281 g/mol. The van der Waals surface area contributed by atoms with Gasteiger partial charge in [0.25, 0.3) is 0 Å².